The standard InChI is InChI=1S/C14H20N2O4/c1-18-12-4-2-3-11(13(12)15)14(17)20-10-7-16-5-8-19-9-6-16/h2-4H,5-10,15H2,1H3. The van der Waals surface area contributed by atoms with Crippen LogP contribution in [0.15, 0.2) is 18.2 Å². The van der Waals surface area contributed by atoms with E-state index in [-0.39, 0.29) is 0 Å². The van der Waals surface area contributed by atoms with Crippen LogP contribution in [0.1, 0.15) is 10.4 Å². The summed E-state index contributed by atoms with van der Waals surface area (Å²) in [6.45, 7) is 4.26. The van der Waals surface area contributed by atoms with Crippen molar-refractivity contribution in [1.29, 1.82) is 0 Å². The lowest BCUT2D eigenvalue weighted by Crippen LogP contribution is -2.38. The van der Waals surface area contributed by atoms with Crippen molar-refractivity contribution in [1.82, 2.24) is 4.90 Å². The van der Waals surface area contributed by atoms with Gasteiger partial charge in [-0.15, -0.1) is 0 Å². The molecular weight excluding hydrogens is 260 g/mol. The van der Waals surface area contributed by atoms with Crippen molar-refractivity contribution in [3.05, 3.63) is 23.8 Å². The maximum Gasteiger partial charge on any atom is 0.340 e. The van der Waals surface area contributed by atoms with Gasteiger partial charge in [0, 0.05) is 19.6 Å². The van der Waals surface area contributed by atoms with Crippen LogP contribution >= 0.6 is 0 Å². The zero-order chi connectivity index (χ0) is 14.4. The van der Waals surface area contributed by atoms with Crippen LogP contribution in [0.3, 0.4) is 0 Å². The summed E-state index contributed by atoms with van der Waals surface area (Å²) >= 11 is 0. The molecule has 2 N–H and O–H groups in total. The van der Waals surface area contributed by atoms with Gasteiger partial charge in [0.25, 0.3) is 0 Å². The molecule has 0 spiro atoms. The Morgan fingerprint density at radius 2 is 2.15 bits per heavy atom. The number of hydrogen-bond acceptors (Lipinski definition) is 6. The van der Waals surface area contributed by atoms with E-state index in [2.05, 4.69) is 4.90 Å². The molecule has 1 saturated heterocycles. The number of benzene rings is 1. The summed E-state index contributed by atoms with van der Waals surface area (Å²) in [5.41, 5.74) is 6.51. The number of hydrogen-bond donors (Lipinski definition) is 1. The monoisotopic (exact) mass is 280 g/mol. The van der Waals surface area contributed by atoms with Crippen LogP contribution in [-0.4, -0.2) is 57.4 Å². The second kappa shape index (κ2) is 7.12. The number of carbonyl (C=O) groups is 1. The Morgan fingerprint density at radius 1 is 1.40 bits per heavy atom. The van der Waals surface area contributed by atoms with Crippen LogP contribution < -0.4 is 10.5 Å². The van der Waals surface area contributed by atoms with E-state index in [1.165, 1.54) is 7.11 Å². The first-order valence-electron chi connectivity index (χ1n) is 6.62. The molecule has 2 rings (SSSR count). The van der Waals surface area contributed by atoms with Crippen molar-refractivity contribution in [2.75, 3.05) is 52.3 Å². The van der Waals surface area contributed by atoms with Crippen LogP contribution in [-0.2, 0) is 9.47 Å². The number of morpholine rings is 1. The smallest absolute Gasteiger partial charge is 0.340 e. The molecule has 1 aliphatic rings. The van der Waals surface area contributed by atoms with Gasteiger partial charge in [-0.1, -0.05) is 6.07 Å². The molecular formula is C14H20N2O4. The third-order valence-corrected chi connectivity index (χ3v) is 3.25. The van der Waals surface area contributed by atoms with Crippen LogP contribution in [0.2, 0.25) is 0 Å². The fourth-order valence-corrected chi connectivity index (χ4v) is 2.07. The Morgan fingerprint density at radius 3 is 2.85 bits per heavy atom. The van der Waals surface area contributed by atoms with Gasteiger partial charge in [0.05, 0.1) is 31.6 Å². The van der Waals surface area contributed by atoms with E-state index in [1.807, 2.05) is 0 Å². The number of nitrogens with two attached hydrogens (primary N) is 1. The number of esters is 1. The quantitative estimate of drug-likeness (QED) is 0.634. The van der Waals surface area contributed by atoms with Crippen molar-refractivity contribution >= 4 is 11.7 Å². The lowest BCUT2D eigenvalue weighted by atomic mass is 10.1. The van der Waals surface area contributed by atoms with E-state index in [0.29, 0.717) is 30.2 Å². The Kier molecular flexibility index (Phi) is 5.20. The Balaban J connectivity index is 1.85. The van der Waals surface area contributed by atoms with Crippen molar-refractivity contribution in [3.8, 4) is 5.75 Å². The number of nitrogens with zero attached hydrogens (tertiary/aromatic N) is 1. The Bertz CT molecular complexity index is 458. The van der Waals surface area contributed by atoms with E-state index in [9.17, 15) is 4.79 Å². The summed E-state index contributed by atoms with van der Waals surface area (Å²) < 4.78 is 15.6. The van der Waals surface area contributed by atoms with E-state index >= 15 is 0 Å². The van der Waals surface area contributed by atoms with Crippen molar-refractivity contribution in [3.63, 3.8) is 0 Å². The molecule has 0 amide bonds. The first kappa shape index (κ1) is 14.6. The second-order valence-corrected chi connectivity index (χ2v) is 4.51. The molecule has 20 heavy (non-hydrogen) atoms. The fraction of sp³-hybridized carbons (Fsp3) is 0.500. The molecule has 110 valence electrons. The number of para-hydroxylation sites is 1. The lowest BCUT2D eigenvalue weighted by Gasteiger charge is -2.26. The van der Waals surface area contributed by atoms with E-state index < -0.39 is 5.97 Å². The lowest BCUT2D eigenvalue weighted by molar-refractivity contribution is 0.0196. The second-order valence-electron chi connectivity index (χ2n) is 4.51. The predicted molar refractivity (Wildman–Crippen MR) is 74.9 cm³/mol. The molecule has 0 atom stereocenters. The molecule has 0 unspecified atom stereocenters. The molecule has 0 radical (unpaired) electrons. The first-order valence-corrected chi connectivity index (χ1v) is 6.62. The van der Waals surface area contributed by atoms with E-state index in [0.717, 1.165) is 26.3 Å². The van der Waals surface area contributed by atoms with Crippen LogP contribution in [0, 0.1) is 0 Å². The summed E-state index contributed by atoms with van der Waals surface area (Å²) in [5, 5.41) is 0. The molecule has 0 bridgehead atoms. The van der Waals surface area contributed by atoms with Crippen LogP contribution in [0.4, 0.5) is 5.69 Å². The summed E-state index contributed by atoms with van der Waals surface area (Å²) in [4.78, 5) is 14.2. The van der Waals surface area contributed by atoms with Gasteiger partial charge in [-0.3, -0.25) is 4.90 Å². The average Bonchev–Trinajstić information content (AvgIpc) is 2.48. The highest BCUT2D eigenvalue weighted by Crippen LogP contribution is 2.25. The zero-order valence-corrected chi connectivity index (χ0v) is 11.6. The Hall–Kier alpha value is -1.79. The highest BCUT2D eigenvalue weighted by Gasteiger charge is 2.15. The Labute approximate surface area is 118 Å². The van der Waals surface area contributed by atoms with Gasteiger partial charge in [0.15, 0.2) is 0 Å². The third kappa shape index (κ3) is 3.61. The maximum atomic E-state index is 12.0. The minimum Gasteiger partial charge on any atom is -0.495 e. The minimum absolute atomic E-state index is 0.311. The molecule has 1 heterocycles. The number of anilines is 1. The molecule has 1 aliphatic heterocycles. The zero-order valence-electron chi connectivity index (χ0n) is 11.6. The molecule has 1 aromatic carbocycles. The average molecular weight is 280 g/mol. The number of methoxy groups -OCH3 is 1. The molecule has 0 saturated carbocycles. The van der Waals surface area contributed by atoms with E-state index in [4.69, 9.17) is 19.9 Å². The molecule has 1 fully saturated rings. The summed E-state index contributed by atoms with van der Waals surface area (Å²) in [5.74, 6) is 0.0577. The van der Waals surface area contributed by atoms with Gasteiger partial charge in [-0.25, -0.2) is 4.79 Å². The van der Waals surface area contributed by atoms with Crippen molar-refractivity contribution < 1.29 is 19.0 Å². The highest BCUT2D eigenvalue weighted by atomic mass is 16.5. The molecule has 0 aliphatic carbocycles. The number of rotatable bonds is 5. The number of ether oxygens (including phenoxy) is 3. The summed E-state index contributed by atoms with van der Waals surface area (Å²) in [6, 6.07) is 5.06. The summed E-state index contributed by atoms with van der Waals surface area (Å²) in [7, 11) is 1.51. The minimum atomic E-state index is -0.422. The first-order chi connectivity index (χ1) is 9.72. The highest BCUT2D eigenvalue weighted by molar-refractivity contribution is 5.96. The maximum absolute atomic E-state index is 12.0. The van der Waals surface area contributed by atoms with Crippen LogP contribution in [0.5, 0.6) is 5.75 Å². The normalized spacial score (nSPS) is 15.8. The van der Waals surface area contributed by atoms with E-state index in [1.54, 1.807) is 18.2 Å². The SMILES string of the molecule is COc1cccc(C(=O)OCCN2CCOCC2)c1N. The predicted octanol–water partition coefficient (Wildman–Crippen LogP) is 0.766. The number of carbonyl (C=O) groups excluding carboxylic acids is 1. The van der Waals surface area contributed by atoms with Gasteiger partial charge in [0.2, 0.25) is 0 Å². The van der Waals surface area contributed by atoms with Gasteiger partial charge in [0.1, 0.15) is 12.4 Å². The van der Waals surface area contributed by atoms with Gasteiger partial charge >= 0.3 is 5.97 Å². The fourth-order valence-electron chi connectivity index (χ4n) is 2.07. The van der Waals surface area contributed by atoms with Gasteiger partial charge < -0.3 is 19.9 Å². The molecule has 0 aromatic heterocycles. The number of nitrogen functional groups attached to an aromatic ring is 1. The van der Waals surface area contributed by atoms with Crippen molar-refractivity contribution in [2.24, 2.45) is 0 Å². The van der Waals surface area contributed by atoms with Crippen molar-refractivity contribution in [2.45, 2.75) is 0 Å². The van der Waals surface area contributed by atoms with Crippen LogP contribution in [0.25, 0.3) is 0 Å². The molecule has 1 aromatic rings. The third-order valence-electron chi connectivity index (χ3n) is 3.25. The molecule has 6 heteroatoms. The summed E-state index contributed by atoms with van der Waals surface area (Å²) in [6.07, 6.45) is 0. The topological polar surface area (TPSA) is 74.0 Å². The van der Waals surface area contributed by atoms with Gasteiger partial charge in [-0.05, 0) is 12.1 Å². The van der Waals surface area contributed by atoms with Gasteiger partial charge in [-0.2, -0.15) is 0 Å². The molecule has 6 nitrogen and oxygen atoms in total. The largest absolute Gasteiger partial charge is 0.495 e.